The lowest BCUT2D eigenvalue weighted by Gasteiger charge is -2.22. The fourth-order valence-electron chi connectivity index (χ4n) is 2.65. The number of carbonyl (C=O) groups excluding carboxylic acids is 1. The molecule has 21 heavy (non-hydrogen) atoms. The van der Waals surface area contributed by atoms with Gasteiger partial charge in [0.1, 0.15) is 0 Å². The smallest absolute Gasteiger partial charge is 0.251 e. The highest BCUT2D eigenvalue weighted by Gasteiger charge is 2.13. The van der Waals surface area contributed by atoms with E-state index >= 15 is 0 Å². The number of aryl methyl sites for hydroxylation is 2. The number of carbonyl (C=O) groups is 1. The third-order valence-electron chi connectivity index (χ3n) is 3.87. The maximum atomic E-state index is 12.1. The Balaban J connectivity index is 1.64. The molecule has 0 aliphatic carbocycles. The highest BCUT2D eigenvalue weighted by Crippen LogP contribution is 2.10. The first-order valence-electron chi connectivity index (χ1n) is 7.84. The zero-order valence-corrected chi connectivity index (χ0v) is 13.1. The van der Waals surface area contributed by atoms with E-state index in [1.165, 1.54) is 5.56 Å². The van der Waals surface area contributed by atoms with Crippen LogP contribution in [-0.2, 0) is 4.74 Å². The van der Waals surface area contributed by atoms with Gasteiger partial charge in [-0.3, -0.25) is 4.79 Å². The number of amides is 1. The Hall–Kier alpha value is -1.39. The van der Waals surface area contributed by atoms with E-state index in [0.717, 1.165) is 50.1 Å². The lowest BCUT2D eigenvalue weighted by atomic mass is 10.1. The third kappa shape index (κ3) is 5.14. The molecule has 1 amide bonds. The van der Waals surface area contributed by atoms with Gasteiger partial charge in [-0.05, 0) is 57.8 Å². The molecular weight excluding hydrogens is 264 g/mol. The van der Waals surface area contributed by atoms with Crippen molar-refractivity contribution < 1.29 is 9.53 Å². The van der Waals surface area contributed by atoms with Gasteiger partial charge in [0.2, 0.25) is 0 Å². The summed E-state index contributed by atoms with van der Waals surface area (Å²) in [7, 11) is 0. The highest BCUT2D eigenvalue weighted by molar-refractivity contribution is 5.95. The van der Waals surface area contributed by atoms with Crippen LogP contribution in [0.25, 0.3) is 0 Å². The lowest BCUT2D eigenvalue weighted by molar-refractivity contribution is 0.0318. The van der Waals surface area contributed by atoms with Crippen molar-refractivity contribution in [3.05, 3.63) is 34.9 Å². The van der Waals surface area contributed by atoms with Crippen molar-refractivity contribution in [3.8, 4) is 0 Å². The van der Waals surface area contributed by atoms with Crippen LogP contribution in [0.4, 0.5) is 0 Å². The van der Waals surface area contributed by atoms with Crippen LogP contribution in [0.2, 0.25) is 0 Å². The molecule has 2 N–H and O–H groups in total. The maximum Gasteiger partial charge on any atom is 0.251 e. The van der Waals surface area contributed by atoms with Crippen LogP contribution in [0.1, 0.15) is 40.7 Å². The quantitative estimate of drug-likeness (QED) is 0.790. The maximum absolute atomic E-state index is 12.1. The van der Waals surface area contributed by atoms with Gasteiger partial charge in [0, 0.05) is 18.7 Å². The van der Waals surface area contributed by atoms with Gasteiger partial charge in [-0.2, -0.15) is 0 Å². The van der Waals surface area contributed by atoms with Crippen LogP contribution in [0.3, 0.4) is 0 Å². The van der Waals surface area contributed by atoms with Gasteiger partial charge >= 0.3 is 0 Å². The number of rotatable bonds is 6. The summed E-state index contributed by atoms with van der Waals surface area (Å²) >= 11 is 0. The van der Waals surface area contributed by atoms with Gasteiger partial charge in [0.15, 0.2) is 0 Å². The zero-order valence-electron chi connectivity index (χ0n) is 13.1. The molecule has 0 atom stereocenters. The van der Waals surface area contributed by atoms with E-state index in [2.05, 4.69) is 10.6 Å². The molecule has 1 fully saturated rings. The summed E-state index contributed by atoms with van der Waals surface area (Å²) in [6, 6.07) is 5.91. The van der Waals surface area contributed by atoms with E-state index < -0.39 is 0 Å². The monoisotopic (exact) mass is 290 g/mol. The number of benzene rings is 1. The minimum Gasteiger partial charge on any atom is -0.378 e. The predicted octanol–water partition coefficient (Wildman–Crippen LogP) is 2.19. The second-order valence-electron chi connectivity index (χ2n) is 5.75. The second kappa shape index (κ2) is 8.15. The first-order chi connectivity index (χ1) is 10.2. The van der Waals surface area contributed by atoms with Crippen molar-refractivity contribution in [2.24, 2.45) is 0 Å². The summed E-state index contributed by atoms with van der Waals surface area (Å²) in [5, 5.41) is 6.29. The SMILES string of the molecule is Cc1ccc(C(=O)NCCCOC2CCNCC2)c(C)c1. The lowest BCUT2D eigenvalue weighted by Crippen LogP contribution is -2.33. The standard InChI is InChI=1S/C17H26N2O2/c1-13-4-5-16(14(2)12-13)17(20)19-8-3-11-21-15-6-9-18-10-7-15/h4-5,12,15,18H,3,6-11H2,1-2H3,(H,19,20). The summed E-state index contributed by atoms with van der Waals surface area (Å²) < 4.78 is 5.82. The highest BCUT2D eigenvalue weighted by atomic mass is 16.5. The summed E-state index contributed by atoms with van der Waals surface area (Å²) in [4.78, 5) is 12.1. The second-order valence-corrected chi connectivity index (χ2v) is 5.75. The Kier molecular flexibility index (Phi) is 6.21. The van der Waals surface area contributed by atoms with Crippen molar-refractivity contribution in [2.45, 2.75) is 39.2 Å². The first-order valence-corrected chi connectivity index (χ1v) is 7.84. The van der Waals surface area contributed by atoms with E-state index in [-0.39, 0.29) is 5.91 Å². The largest absolute Gasteiger partial charge is 0.378 e. The molecule has 116 valence electrons. The van der Waals surface area contributed by atoms with E-state index in [9.17, 15) is 4.79 Å². The first kappa shape index (κ1) is 16.0. The fourth-order valence-corrected chi connectivity index (χ4v) is 2.65. The van der Waals surface area contributed by atoms with Crippen molar-refractivity contribution in [2.75, 3.05) is 26.2 Å². The van der Waals surface area contributed by atoms with E-state index in [1.807, 2.05) is 32.0 Å². The number of hydrogen-bond acceptors (Lipinski definition) is 3. The van der Waals surface area contributed by atoms with Gasteiger partial charge in [0.05, 0.1) is 6.10 Å². The molecule has 0 bridgehead atoms. The topological polar surface area (TPSA) is 50.4 Å². The minimum absolute atomic E-state index is 0.00867. The van der Waals surface area contributed by atoms with Crippen molar-refractivity contribution in [1.29, 1.82) is 0 Å². The fraction of sp³-hybridized carbons (Fsp3) is 0.588. The van der Waals surface area contributed by atoms with Gasteiger partial charge < -0.3 is 15.4 Å². The molecule has 1 saturated heterocycles. The predicted molar refractivity (Wildman–Crippen MR) is 84.7 cm³/mol. The molecule has 0 aromatic heterocycles. The Labute approximate surface area is 127 Å². The van der Waals surface area contributed by atoms with E-state index in [0.29, 0.717) is 12.6 Å². The molecule has 2 rings (SSSR count). The molecule has 1 aromatic rings. The Morgan fingerprint density at radius 1 is 1.33 bits per heavy atom. The number of ether oxygens (including phenoxy) is 1. The number of piperidine rings is 1. The molecule has 4 heteroatoms. The molecule has 0 radical (unpaired) electrons. The average molecular weight is 290 g/mol. The van der Waals surface area contributed by atoms with Gasteiger partial charge in [0.25, 0.3) is 5.91 Å². The van der Waals surface area contributed by atoms with Gasteiger partial charge in [-0.25, -0.2) is 0 Å². The van der Waals surface area contributed by atoms with Gasteiger partial charge in [-0.1, -0.05) is 17.7 Å². The molecule has 0 saturated carbocycles. The number of nitrogens with one attached hydrogen (secondary N) is 2. The minimum atomic E-state index is 0.00867. The molecule has 1 aromatic carbocycles. The average Bonchev–Trinajstić information content (AvgIpc) is 2.47. The normalized spacial score (nSPS) is 15.9. The van der Waals surface area contributed by atoms with Crippen LogP contribution in [-0.4, -0.2) is 38.3 Å². The molecule has 1 heterocycles. The Morgan fingerprint density at radius 3 is 2.81 bits per heavy atom. The number of hydrogen-bond donors (Lipinski definition) is 2. The third-order valence-corrected chi connectivity index (χ3v) is 3.87. The van der Waals surface area contributed by atoms with E-state index in [4.69, 9.17) is 4.74 Å². The van der Waals surface area contributed by atoms with Crippen LogP contribution in [0, 0.1) is 13.8 Å². The van der Waals surface area contributed by atoms with Crippen molar-refractivity contribution in [1.82, 2.24) is 10.6 Å². The molecule has 0 unspecified atom stereocenters. The summed E-state index contributed by atoms with van der Waals surface area (Å²) in [6.07, 6.45) is 3.44. The summed E-state index contributed by atoms with van der Waals surface area (Å²) in [5.41, 5.74) is 2.97. The van der Waals surface area contributed by atoms with Gasteiger partial charge in [-0.15, -0.1) is 0 Å². The van der Waals surface area contributed by atoms with E-state index in [1.54, 1.807) is 0 Å². The molecule has 1 aliphatic heterocycles. The van der Waals surface area contributed by atoms with Crippen LogP contribution in [0.15, 0.2) is 18.2 Å². The van der Waals surface area contributed by atoms with Crippen LogP contribution in [0.5, 0.6) is 0 Å². The molecule has 4 nitrogen and oxygen atoms in total. The summed E-state index contributed by atoms with van der Waals surface area (Å²) in [5.74, 6) is 0.00867. The summed E-state index contributed by atoms with van der Waals surface area (Å²) in [6.45, 7) is 7.49. The molecular formula is C17H26N2O2. The van der Waals surface area contributed by atoms with Crippen LogP contribution >= 0.6 is 0 Å². The van der Waals surface area contributed by atoms with Crippen molar-refractivity contribution >= 4 is 5.91 Å². The Bertz CT molecular complexity index is 468. The van der Waals surface area contributed by atoms with Crippen LogP contribution < -0.4 is 10.6 Å². The van der Waals surface area contributed by atoms with Crippen molar-refractivity contribution in [3.63, 3.8) is 0 Å². The molecule has 1 aliphatic rings. The zero-order chi connectivity index (χ0) is 15.1. The molecule has 0 spiro atoms. The Morgan fingerprint density at radius 2 is 2.10 bits per heavy atom.